The van der Waals surface area contributed by atoms with Crippen LogP contribution in [0.3, 0.4) is 0 Å². The Labute approximate surface area is 122 Å². The molecule has 6 heteroatoms. The van der Waals surface area contributed by atoms with Gasteiger partial charge in [-0.1, -0.05) is 25.1 Å². The van der Waals surface area contributed by atoms with Gasteiger partial charge in [0.15, 0.2) is 0 Å². The van der Waals surface area contributed by atoms with Gasteiger partial charge >= 0.3 is 6.18 Å². The van der Waals surface area contributed by atoms with Gasteiger partial charge in [0, 0.05) is 18.5 Å². The summed E-state index contributed by atoms with van der Waals surface area (Å²) in [5.41, 5.74) is 4.38. The predicted molar refractivity (Wildman–Crippen MR) is 75.8 cm³/mol. The molecule has 3 nitrogen and oxygen atoms in total. The average molecular weight is 302 g/mol. The van der Waals surface area contributed by atoms with Gasteiger partial charge in [0.1, 0.15) is 0 Å². The summed E-state index contributed by atoms with van der Waals surface area (Å²) in [7, 11) is 0. The highest BCUT2D eigenvalue weighted by Gasteiger charge is 2.34. The molecule has 118 valence electrons. The zero-order chi connectivity index (χ0) is 16.3. The highest BCUT2D eigenvalue weighted by molar-refractivity contribution is 5.77. The maximum absolute atomic E-state index is 13.0. The minimum atomic E-state index is -4.42. The molecule has 1 rings (SSSR count). The first-order chi connectivity index (χ1) is 9.57. The van der Waals surface area contributed by atoms with Gasteiger partial charge in [-0.3, -0.25) is 4.79 Å². The Morgan fingerprint density at radius 2 is 1.86 bits per heavy atom. The summed E-state index contributed by atoms with van der Waals surface area (Å²) < 4.78 is 38.9. The van der Waals surface area contributed by atoms with Crippen LogP contribution in [0.1, 0.15) is 44.2 Å². The molecule has 0 saturated heterocycles. The number of carbonyl (C=O) groups is 1. The van der Waals surface area contributed by atoms with Crippen LogP contribution in [0.15, 0.2) is 24.3 Å². The number of halogens is 3. The average Bonchev–Trinajstić information content (AvgIpc) is 2.37. The minimum Gasteiger partial charge on any atom is -0.350 e. The number of hydrogen-bond donors (Lipinski definition) is 2. The molecule has 0 aromatic heterocycles. The van der Waals surface area contributed by atoms with Crippen LogP contribution in [0, 0.1) is 0 Å². The fourth-order valence-electron chi connectivity index (χ4n) is 2.05. The third-order valence-corrected chi connectivity index (χ3v) is 3.28. The summed E-state index contributed by atoms with van der Waals surface area (Å²) in [6.07, 6.45) is -4.44. The number of alkyl halides is 3. The smallest absolute Gasteiger partial charge is 0.350 e. The molecule has 3 N–H and O–H groups in total. The summed E-state index contributed by atoms with van der Waals surface area (Å²) in [4.78, 5) is 11.9. The number of amides is 1. The van der Waals surface area contributed by atoms with Gasteiger partial charge in [-0.05, 0) is 31.4 Å². The zero-order valence-electron chi connectivity index (χ0n) is 12.4. The molecule has 0 heterocycles. The maximum Gasteiger partial charge on any atom is 0.416 e. The van der Waals surface area contributed by atoms with E-state index in [1.54, 1.807) is 26.8 Å². The second-order valence-corrected chi connectivity index (χ2v) is 5.83. The van der Waals surface area contributed by atoms with E-state index < -0.39 is 23.2 Å². The SMILES string of the molecule is CC(CC(=O)NC(C)(C)CN)c1ccccc1C(F)(F)F. The van der Waals surface area contributed by atoms with E-state index in [0.717, 1.165) is 6.07 Å². The Morgan fingerprint density at radius 1 is 1.29 bits per heavy atom. The van der Waals surface area contributed by atoms with Crippen LogP contribution < -0.4 is 11.1 Å². The maximum atomic E-state index is 13.0. The molecule has 0 aliphatic rings. The van der Waals surface area contributed by atoms with Crippen LogP contribution in [0.25, 0.3) is 0 Å². The van der Waals surface area contributed by atoms with Crippen molar-refractivity contribution in [3.63, 3.8) is 0 Å². The first-order valence-electron chi connectivity index (χ1n) is 6.74. The quantitative estimate of drug-likeness (QED) is 0.878. The van der Waals surface area contributed by atoms with Crippen LogP contribution in [0.4, 0.5) is 13.2 Å². The predicted octanol–water partition coefficient (Wildman–Crippen LogP) is 3.05. The van der Waals surface area contributed by atoms with E-state index in [2.05, 4.69) is 5.32 Å². The summed E-state index contributed by atoms with van der Waals surface area (Å²) in [6, 6.07) is 5.34. The Kier molecular flexibility index (Phi) is 5.39. The molecule has 0 saturated carbocycles. The lowest BCUT2D eigenvalue weighted by Gasteiger charge is -2.25. The Bertz CT molecular complexity index is 498. The molecule has 0 spiro atoms. The summed E-state index contributed by atoms with van der Waals surface area (Å²) >= 11 is 0. The van der Waals surface area contributed by atoms with Crippen molar-refractivity contribution in [2.75, 3.05) is 6.54 Å². The summed E-state index contributed by atoms with van der Waals surface area (Å²) in [5.74, 6) is -0.841. The van der Waals surface area contributed by atoms with Crippen LogP contribution in [-0.4, -0.2) is 18.0 Å². The third kappa shape index (κ3) is 5.04. The van der Waals surface area contributed by atoms with Gasteiger partial charge in [0.05, 0.1) is 5.56 Å². The van der Waals surface area contributed by atoms with Crippen molar-refractivity contribution in [3.8, 4) is 0 Å². The summed E-state index contributed by atoms with van der Waals surface area (Å²) in [5, 5.41) is 2.72. The molecule has 21 heavy (non-hydrogen) atoms. The molecule has 1 aromatic carbocycles. The molecule has 0 aliphatic heterocycles. The van der Waals surface area contributed by atoms with E-state index in [9.17, 15) is 18.0 Å². The second-order valence-electron chi connectivity index (χ2n) is 5.83. The normalized spacial score (nSPS) is 13.9. The molecule has 0 bridgehead atoms. The fourth-order valence-corrected chi connectivity index (χ4v) is 2.05. The summed E-state index contributed by atoms with van der Waals surface area (Å²) in [6.45, 7) is 5.39. The van der Waals surface area contributed by atoms with E-state index >= 15 is 0 Å². The van der Waals surface area contributed by atoms with Crippen molar-refractivity contribution in [3.05, 3.63) is 35.4 Å². The molecule has 0 aliphatic carbocycles. The van der Waals surface area contributed by atoms with E-state index in [4.69, 9.17) is 5.73 Å². The zero-order valence-corrected chi connectivity index (χ0v) is 12.4. The molecule has 1 aromatic rings. The van der Waals surface area contributed by atoms with Crippen LogP contribution >= 0.6 is 0 Å². The molecule has 1 atom stereocenters. The Hall–Kier alpha value is -1.56. The van der Waals surface area contributed by atoms with Gasteiger partial charge in [0.2, 0.25) is 5.91 Å². The van der Waals surface area contributed by atoms with Gasteiger partial charge in [-0.25, -0.2) is 0 Å². The van der Waals surface area contributed by atoms with E-state index in [0.29, 0.717) is 0 Å². The number of carbonyl (C=O) groups excluding carboxylic acids is 1. The van der Waals surface area contributed by atoms with Crippen molar-refractivity contribution in [1.82, 2.24) is 5.32 Å². The lowest BCUT2D eigenvalue weighted by Crippen LogP contribution is -2.49. The Morgan fingerprint density at radius 3 is 2.38 bits per heavy atom. The standard InChI is InChI=1S/C15H21F3N2O/c1-10(8-13(21)20-14(2,3)9-19)11-6-4-5-7-12(11)15(16,17)18/h4-7,10H,8-9,19H2,1-3H3,(H,20,21). The van der Waals surface area contributed by atoms with Gasteiger partial charge < -0.3 is 11.1 Å². The number of nitrogens with two attached hydrogens (primary N) is 1. The lowest BCUT2D eigenvalue weighted by atomic mass is 9.92. The van der Waals surface area contributed by atoms with Crippen molar-refractivity contribution in [2.45, 2.75) is 44.8 Å². The van der Waals surface area contributed by atoms with Crippen LogP contribution in [0.2, 0.25) is 0 Å². The topological polar surface area (TPSA) is 55.1 Å². The monoisotopic (exact) mass is 302 g/mol. The number of benzene rings is 1. The van der Waals surface area contributed by atoms with E-state index in [-0.39, 0.29) is 24.4 Å². The third-order valence-electron chi connectivity index (χ3n) is 3.28. The number of hydrogen-bond acceptors (Lipinski definition) is 2. The van der Waals surface area contributed by atoms with E-state index in [1.165, 1.54) is 12.1 Å². The van der Waals surface area contributed by atoms with Crippen LogP contribution in [-0.2, 0) is 11.0 Å². The molecular formula is C15H21F3N2O. The highest BCUT2D eigenvalue weighted by Crippen LogP contribution is 2.35. The first kappa shape index (κ1) is 17.5. The van der Waals surface area contributed by atoms with Gasteiger partial charge in [0.25, 0.3) is 0 Å². The molecule has 0 fully saturated rings. The van der Waals surface area contributed by atoms with Crippen molar-refractivity contribution in [1.29, 1.82) is 0 Å². The molecule has 1 unspecified atom stereocenters. The number of nitrogens with one attached hydrogen (secondary N) is 1. The van der Waals surface area contributed by atoms with Gasteiger partial charge in [-0.15, -0.1) is 0 Å². The van der Waals surface area contributed by atoms with Crippen LogP contribution in [0.5, 0.6) is 0 Å². The van der Waals surface area contributed by atoms with Crippen molar-refractivity contribution < 1.29 is 18.0 Å². The molecule has 1 amide bonds. The highest BCUT2D eigenvalue weighted by atomic mass is 19.4. The first-order valence-corrected chi connectivity index (χ1v) is 6.74. The largest absolute Gasteiger partial charge is 0.416 e. The number of rotatable bonds is 5. The molecular weight excluding hydrogens is 281 g/mol. The van der Waals surface area contributed by atoms with Crippen molar-refractivity contribution >= 4 is 5.91 Å². The van der Waals surface area contributed by atoms with Crippen molar-refractivity contribution in [2.24, 2.45) is 5.73 Å². The second kappa shape index (κ2) is 6.47. The van der Waals surface area contributed by atoms with Gasteiger partial charge in [-0.2, -0.15) is 13.2 Å². The molecule has 0 radical (unpaired) electrons. The lowest BCUT2D eigenvalue weighted by molar-refractivity contribution is -0.138. The van der Waals surface area contributed by atoms with E-state index in [1.807, 2.05) is 0 Å². The minimum absolute atomic E-state index is 0.0173. The Balaban J connectivity index is 2.86. The fraction of sp³-hybridized carbons (Fsp3) is 0.533.